The molecule has 3 atom stereocenters. The number of oxazole rings is 1. The minimum absolute atomic E-state index is 0.0439. The molecule has 0 aliphatic heterocycles. The first-order chi connectivity index (χ1) is 20.0. The molecule has 2 aliphatic rings. The molecule has 1 aromatic carbocycles. The van der Waals surface area contributed by atoms with Crippen molar-refractivity contribution in [3.8, 4) is 10.8 Å². The number of hydrogen-bond acceptors (Lipinski definition) is 8. The third-order valence-electron chi connectivity index (χ3n) is 9.11. The van der Waals surface area contributed by atoms with Gasteiger partial charge in [-0.25, -0.2) is 19.1 Å². The van der Waals surface area contributed by atoms with Crippen molar-refractivity contribution in [3.05, 3.63) is 74.3 Å². The van der Waals surface area contributed by atoms with E-state index in [1.54, 1.807) is 6.92 Å². The number of nitrogens with zero attached hydrogens (tertiary/aromatic N) is 3. The molecular formula is C31H35N3O7S. The Labute approximate surface area is 246 Å². The number of aryl methyl sites for hydroxylation is 2. The van der Waals surface area contributed by atoms with Crippen LogP contribution in [0.15, 0.2) is 50.7 Å². The van der Waals surface area contributed by atoms with Gasteiger partial charge in [0.25, 0.3) is 5.56 Å². The van der Waals surface area contributed by atoms with E-state index in [1.807, 2.05) is 31.2 Å². The number of carboxylic acids is 1. The van der Waals surface area contributed by atoms with Crippen LogP contribution in [0.1, 0.15) is 62.3 Å². The molecule has 2 saturated carbocycles. The SMILES string of the molecule is Cc1ccccc1C(Cn1c(=O)n(C(C)(C)C(=O)O)c(=O)c2c(C)c(-c3ncco3)sc21)OC1CC2CC(O)CC2C1. The van der Waals surface area contributed by atoms with Crippen LogP contribution in [0.25, 0.3) is 21.0 Å². The van der Waals surface area contributed by atoms with Gasteiger partial charge in [-0.05, 0) is 81.9 Å². The summed E-state index contributed by atoms with van der Waals surface area (Å²) < 4.78 is 14.7. The van der Waals surface area contributed by atoms with Gasteiger partial charge in [-0.1, -0.05) is 24.3 Å². The normalized spacial score (nSPS) is 23.0. The number of thiophene rings is 1. The lowest BCUT2D eigenvalue weighted by molar-refractivity contribution is -0.146. The molecule has 0 saturated heterocycles. The molecule has 2 aliphatic carbocycles. The third kappa shape index (κ3) is 4.73. The zero-order chi connectivity index (χ0) is 29.9. The van der Waals surface area contributed by atoms with E-state index in [4.69, 9.17) is 9.15 Å². The van der Waals surface area contributed by atoms with Gasteiger partial charge in [-0.15, -0.1) is 11.3 Å². The number of aliphatic hydroxyl groups is 1. The van der Waals surface area contributed by atoms with E-state index < -0.39 is 28.9 Å². The number of ether oxygens (including phenoxy) is 1. The molecule has 6 rings (SSSR count). The van der Waals surface area contributed by atoms with Gasteiger partial charge in [0.05, 0.1) is 35.2 Å². The fourth-order valence-corrected chi connectivity index (χ4v) is 8.08. The van der Waals surface area contributed by atoms with E-state index in [0.717, 1.165) is 41.4 Å². The summed E-state index contributed by atoms with van der Waals surface area (Å²) in [5, 5.41) is 20.4. The molecule has 4 aromatic rings. The molecule has 3 unspecified atom stereocenters. The zero-order valence-electron chi connectivity index (χ0n) is 24.1. The van der Waals surface area contributed by atoms with Crippen LogP contribution in [-0.4, -0.2) is 42.5 Å². The van der Waals surface area contributed by atoms with Crippen molar-refractivity contribution in [2.45, 2.75) is 83.8 Å². The highest BCUT2D eigenvalue weighted by Crippen LogP contribution is 2.46. The van der Waals surface area contributed by atoms with Crippen LogP contribution in [0.5, 0.6) is 0 Å². The minimum atomic E-state index is -1.80. The van der Waals surface area contributed by atoms with Crippen LogP contribution in [-0.2, 0) is 21.6 Å². The Kier molecular flexibility index (Phi) is 7.23. The molecular weight excluding hydrogens is 558 g/mol. The summed E-state index contributed by atoms with van der Waals surface area (Å²) in [6.45, 7) is 6.54. The maximum atomic E-state index is 14.2. The van der Waals surface area contributed by atoms with E-state index >= 15 is 0 Å². The maximum absolute atomic E-state index is 14.2. The molecule has 0 radical (unpaired) electrons. The lowest BCUT2D eigenvalue weighted by atomic mass is 10.0. The second-order valence-corrected chi connectivity index (χ2v) is 13.2. The minimum Gasteiger partial charge on any atom is -0.480 e. The number of rotatable bonds is 8. The Morgan fingerprint density at radius 1 is 1.17 bits per heavy atom. The van der Waals surface area contributed by atoms with E-state index in [0.29, 0.717) is 33.0 Å². The molecule has 3 aromatic heterocycles. The molecule has 10 nitrogen and oxygen atoms in total. The van der Waals surface area contributed by atoms with Crippen LogP contribution < -0.4 is 11.2 Å². The van der Waals surface area contributed by atoms with Crippen molar-refractivity contribution in [1.82, 2.24) is 14.1 Å². The van der Waals surface area contributed by atoms with Crippen LogP contribution in [0.2, 0.25) is 0 Å². The van der Waals surface area contributed by atoms with Gasteiger partial charge in [0.2, 0.25) is 5.89 Å². The van der Waals surface area contributed by atoms with Crippen molar-refractivity contribution in [2.75, 3.05) is 0 Å². The fourth-order valence-electron chi connectivity index (χ4n) is 6.84. The molecule has 11 heteroatoms. The third-order valence-corrected chi connectivity index (χ3v) is 10.4. The topological polar surface area (TPSA) is 137 Å². The summed E-state index contributed by atoms with van der Waals surface area (Å²) in [6, 6.07) is 7.86. The largest absolute Gasteiger partial charge is 0.480 e. The van der Waals surface area contributed by atoms with Crippen molar-refractivity contribution in [3.63, 3.8) is 0 Å². The lowest BCUT2D eigenvalue weighted by Crippen LogP contribution is -2.52. The van der Waals surface area contributed by atoms with Gasteiger partial charge in [-0.3, -0.25) is 9.36 Å². The van der Waals surface area contributed by atoms with E-state index in [-0.39, 0.29) is 24.1 Å². The summed E-state index contributed by atoms with van der Waals surface area (Å²) in [6.07, 6.45) is 5.37. The van der Waals surface area contributed by atoms with E-state index in [1.165, 1.54) is 42.2 Å². The summed E-state index contributed by atoms with van der Waals surface area (Å²) in [4.78, 5) is 45.7. The van der Waals surface area contributed by atoms with Crippen LogP contribution >= 0.6 is 11.3 Å². The predicted octanol–water partition coefficient (Wildman–Crippen LogP) is 4.62. The van der Waals surface area contributed by atoms with E-state index in [2.05, 4.69) is 4.98 Å². The number of benzene rings is 1. The second-order valence-electron chi connectivity index (χ2n) is 12.2. The summed E-state index contributed by atoms with van der Waals surface area (Å²) in [5.41, 5.74) is -0.686. The highest BCUT2D eigenvalue weighted by molar-refractivity contribution is 7.22. The number of aliphatic hydroxyl groups excluding tert-OH is 1. The quantitative estimate of drug-likeness (QED) is 0.302. The van der Waals surface area contributed by atoms with Gasteiger partial charge in [0.15, 0.2) is 0 Å². The average molecular weight is 594 g/mol. The standard InChI is InChI=1S/C31H35N3O7S/c1-16-7-5-6-8-22(16)23(41-21-13-18-11-20(35)12-19(18)14-21)15-33-28-24(17(2)25(42-28)26-32-9-10-40-26)27(36)34(30(33)39)31(3,4)29(37)38/h5-10,18-21,23,35H,11-15H2,1-4H3,(H,37,38). The van der Waals surface area contributed by atoms with E-state index in [9.17, 15) is 24.6 Å². The van der Waals surface area contributed by atoms with Gasteiger partial charge in [0.1, 0.15) is 22.7 Å². The number of hydrogen-bond donors (Lipinski definition) is 2. The number of fused-ring (bicyclic) bond motifs is 2. The van der Waals surface area contributed by atoms with Gasteiger partial charge >= 0.3 is 11.7 Å². The maximum Gasteiger partial charge on any atom is 0.333 e. The lowest BCUT2D eigenvalue weighted by Gasteiger charge is -2.27. The Balaban J connectivity index is 1.52. The Bertz CT molecular complexity index is 1750. The first-order valence-corrected chi connectivity index (χ1v) is 15.1. The molecule has 0 bridgehead atoms. The Morgan fingerprint density at radius 3 is 2.48 bits per heavy atom. The Hall–Kier alpha value is -3.54. The first-order valence-electron chi connectivity index (χ1n) is 14.3. The average Bonchev–Trinajstić information content (AvgIpc) is 3.70. The second kappa shape index (κ2) is 10.6. The number of carboxylic acid groups (broad SMARTS) is 1. The summed E-state index contributed by atoms with van der Waals surface area (Å²) in [5.74, 6) is -0.139. The fraction of sp³-hybridized carbons (Fsp3) is 0.484. The smallest absolute Gasteiger partial charge is 0.333 e. The van der Waals surface area contributed by atoms with Crippen LogP contribution in [0, 0.1) is 25.7 Å². The van der Waals surface area contributed by atoms with Crippen LogP contribution in [0.4, 0.5) is 0 Å². The number of aliphatic carboxylic acids is 1. The highest BCUT2D eigenvalue weighted by Gasteiger charge is 2.43. The predicted molar refractivity (Wildman–Crippen MR) is 158 cm³/mol. The van der Waals surface area contributed by atoms with Gasteiger partial charge < -0.3 is 19.4 Å². The Morgan fingerprint density at radius 2 is 1.86 bits per heavy atom. The molecule has 2 N–H and O–H groups in total. The van der Waals surface area contributed by atoms with Gasteiger partial charge in [0, 0.05) is 0 Å². The molecule has 222 valence electrons. The first kappa shape index (κ1) is 28.6. The zero-order valence-corrected chi connectivity index (χ0v) is 24.9. The summed E-state index contributed by atoms with van der Waals surface area (Å²) >= 11 is 1.22. The van der Waals surface area contributed by atoms with Gasteiger partial charge in [-0.2, -0.15) is 0 Å². The monoisotopic (exact) mass is 593 g/mol. The molecule has 0 spiro atoms. The van der Waals surface area contributed by atoms with Crippen molar-refractivity contribution in [1.29, 1.82) is 0 Å². The van der Waals surface area contributed by atoms with Crippen molar-refractivity contribution in [2.24, 2.45) is 11.8 Å². The highest BCUT2D eigenvalue weighted by atomic mass is 32.1. The van der Waals surface area contributed by atoms with Crippen molar-refractivity contribution >= 4 is 27.5 Å². The number of carbonyl (C=O) groups is 1. The molecule has 3 heterocycles. The van der Waals surface area contributed by atoms with Crippen LogP contribution in [0.3, 0.4) is 0 Å². The van der Waals surface area contributed by atoms with Crippen molar-refractivity contribution < 1.29 is 24.2 Å². The molecule has 2 fully saturated rings. The number of aromatic nitrogens is 3. The molecule has 42 heavy (non-hydrogen) atoms. The summed E-state index contributed by atoms with van der Waals surface area (Å²) in [7, 11) is 0. The molecule has 0 amide bonds.